The Morgan fingerprint density at radius 2 is 2.11 bits per heavy atom. The lowest BCUT2D eigenvalue weighted by molar-refractivity contribution is 0.828. The van der Waals surface area contributed by atoms with E-state index in [9.17, 15) is 0 Å². The van der Waals surface area contributed by atoms with E-state index in [0.29, 0.717) is 11.6 Å². The van der Waals surface area contributed by atoms with Gasteiger partial charge in [0.15, 0.2) is 11.5 Å². The van der Waals surface area contributed by atoms with Crippen LogP contribution in [0.2, 0.25) is 5.02 Å². The van der Waals surface area contributed by atoms with Crippen LogP contribution in [0.5, 0.6) is 0 Å². The second kappa shape index (κ2) is 4.62. The van der Waals surface area contributed by atoms with Crippen LogP contribution in [-0.4, -0.2) is 19.8 Å². The van der Waals surface area contributed by atoms with Crippen molar-refractivity contribution in [2.75, 3.05) is 5.32 Å². The Bertz CT molecular complexity index is 679. The van der Waals surface area contributed by atoms with Gasteiger partial charge in [0.1, 0.15) is 0 Å². The molecule has 5 nitrogen and oxygen atoms in total. The third-order valence-corrected chi connectivity index (χ3v) is 2.75. The summed E-state index contributed by atoms with van der Waals surface area (Å²) in [6.07, 6.45) is 1.71. The zero-order valence-corrected chi connectivity index (χ0v) is 10.2. The molecule has 0 aliphatic heterocycles. The highest BCUT2D eigenvalue weighted by molar-refractivity contribution is 6.30. The lowest BCUT2D eigenvalue weighted by atomic mass is 10.3. The second-order valence-electron chi connectivity index (χ2n) is 3.77. The van der Waals surface area contributed by atoms with Gasteiger partial charge in [0.05, 0.1) is 6.54 Å². The highest BCUT2D eigenvalue weighted by Crippen LogP contribution is 2.15. The lowest BCUT2D eigenvalue weighted by Crippen LogP contribution is -2.05. The molecule has 18 heavy (non-hydrogen) atoms. The van der Waals surface area contributed by atoms with Crippen molar-refractivity contribution in [1.82, 2.24) is 19.8 Å². The number of anilines is 1. The van der Waals surface area contributed by atoms with Gasteiger partial charge in [-0.3, -0.25) is 0 Å². The molecular weight excluding hydrogens is 250 g/mol. The number of rotatable bonds is 3. The Labute approximate surface area is 108 Å². The number of aromatic nitrogens is 4. The van der Waals surface area contributed by atoms with E-state index in [2.05, 4.69) is 20.6 Å². The average Bonchev–Trinajstić information content (AvgIpc) is 2.80. The van der Waals surface area contributed by atoms with Gasteiger partial charge in [-0.25, -0.2) is 0 Å². The lowest BCUT2D eigenvalue weighted by Gasteiger charge is -2.04. The zero-order chi connectivity index (χ0) is 12.4. The maximum atomic E-state index is 5.92. The molecule has 2 aromatic heterocycles. The third-order valence-electron chi connectivity index (χ3n) is 2.52. The number of nitrogens with zero attached hydrogens (tertiary/aromatic N) is 4. The van der Waals surface area contributed by atoms with Crippen molar-refractivity contribution in [2.24, 2.45) is 0 Å². The maximum absolute atomic E-state index is 5.92. The molecule has 0 saturated carbocycles. The van der Waals surface area contributed by atoms with Crippen LogP contribution in [-0.2, 0) is 6.54 Å². The Morgan fingerprint density at radius 3 is 3.00 bits per heavy atom. The molecule has 0 spiro atoms. The molecule has 1 aromatic carbocycles. The summed E-state index contributed by atoms with van der Waals surface area (Å²) in [5.74, 6) is 0.755. The number of hydrogen-bond acceptors (Lipinski definition) is 4. The summed E-state index contributed by atoms with van der Waals surface area (Å²) in [5.41, 5.74) is 1.68. The smallest absolute Gasteiger partial charge is 0.177 e. The molecule has 0 aliphatic carbocycles. The molecule has 3 aromatic rings. The fourth-order valence-electron chi connectivity index (χ4n) is 1.68. The van der Waals surface area contributed by atoms with Crippen LogP contribution >= 0.6 is 11.6 Å². The van der Waals surface area contributed by atoms with Gasteiger partial charge in [0.2, 0.25) is 0 Å². The van der Waals surface area contributed by atoms with E-state index in [1.807, 2.05) is 36.4 Å². The summed E-state index contributed by atoms with van der Waals surface area (Å²) in [6.45, 7) is 0.540. The van der Waals surface area contributed by atoms with Crippen LogP contribution in [0, 0.1) is 0 Å². The maximum Gasteiger partial charge on any atom is 0.177 e. The second-order valence-corrected chi connectivity index (χ2v) is 4.21. The molecule has 6 heteroatoms. The van der Waals surface area contributed by atoms with Crippen LogP contribution in [0.3, 0.4) is 0 Å². The zero-order valence-electron chi connectivity index (χ0n) is 9.42. The van der Waals surface area contributed by atoms with E-state index in [1.54, 1.807) is 10.7 Å². The summed E-state index contributed by atoms with van der Waals surface area (Å²) in [4.78, 5) is 0. The summed E-state index contributed by atoms with van der Waals surface area (Å²) >= 11 is 5.92. The van der Waals surface area contributed by atoms with Crippen LogP contribution in [0.15, 0.2) is 42.6 Å². The van der Waals surface area contributed by atoms with E-state index in [4.69, 9.17) is 11.6 Å². The van der Waals surface area contributed by atoms with Gasteiger partial charge in [-0.1, -0.05) is 17.7 Å². The monoisotopic (exact) mass is 259 g/mol. The molecule has 0 amide bonds. The van der Waals surface area contributed by atoms with Crippen molar-refractivity contribution < 1.29 is 0 Å². The van der Waals surface area contributed by atoms with Crippen LogP contribution < -0.4 is 5.32 Å². The number of halogens is 1. The normalized spacial score (nSPS) is 10.7. The molecule has 0 saturated heterocycles. The van der Waals surface area contributed by atoms with Crippen molar-refractivity contribution in [2.45, 2.75) is 6.54 Å². The highest BCUT2D eigenvalue weighted by Gasteiger charge is 2.05. The van der Waals surface area contributed by atoms with E-state index < -0.39 is 0 Å². The van der Waals surface area contributed by atoms with E-state index in [-0.39, 0.29) is 0 Å². The largest absolute Gasteiger partial charge is 0.378 e. The Morgan fingerprint density at radius 1 is 1.17 bits per heavy atom. The molecule has 0 fully saturated rings. The molecule has 0 aliphatic rings. The molecular formula is C12H10ClN5. The summed E-state index contributed by atoms with van der Waals surface area (Å²) < 4.78 is 1.71. The fourth-order valence-corrected chi connectivity index (χ4v) is 1.87. The van der Waals surface area contributed by atoms with E-state index in [1.165, 1.54) is 0 Å². The van der Waals surface area contributed by atoms with Crippen molar-refractivity contribution in [3.63, 3.8) is 0 Å². The molecule has 0 radical (unpaired) electrons. The van der Waals surface area contributed by atoms with Gasteiger partial charge >= 0.3 is 0 Å². The quantitative estimate of drug-likeness (QED) is 0.785. The first-order valence-corrected chi connectivity index (χ1v) is 5.85. The minimum atomic E-state index is 0.540. The van der Waals surface area contributed by atoms with Gasteiger partial charge < -0.3 is 5.32 Å². The molecule has 90 valence electrons. The first-order chi connectivity index (χ1) is 8.83. The number of benzene rings is 1. The highest BCUT2D eigenvalue weighted by atomic mass is 35.5. The number of hydrogen-bond donors (Lipinski definition) is 1. The minimum absolute atomic E-state index is 0.540. The van der Waals surface area contributed by atoms with Gasteiger partial charge in [0, 0.05) is 16.9 Å². The van der Waals surface area contributed by atoms with Crippen molar-refractivity contribution in [1.29, 1.82) is 0 Å². The van der Waals surface area contributed by atoms with Crippen LogP contribution in [0.1, 0.15) is 5.82 Å². The van der Waals surface area contributed by atoms with Crippen molar-refractivity contribution >= 4 is 22.9 Å². The summed E-state index contributed by atoms with van der Waals surface area (Å²) in [5, 5.41) is 16.2. The van der Waals surface area contributed by atoms with Gasteiger partial charge in [0.25, 0.3) is 0 Å². The predicted octanol–water partition coefficient (Wildman–Crippen LogP) is 2.39. The SMILES string of the molecule is Clc1cccc(NCc2nnc3cccnn23)c1. The topological polar surface area (TPSA) is 55.1 Å². The summed E-state index contributed by atoms with van der Waals surface area (Å²) in [7, 11) is 0. The van der Waals surface area contributed by atoms with Crippen molar-refractivity contribution in [3.05, 3.63) is 53.4 Å². The average molecular weight is 260 g/mol. The molecule has 0 bridgehead atoms. The molecule has 3 rings (SSSR count). The number of nitrogens with one attached hydrogen (secondary N) is 1. The predicted molar refractivity (Wildman–Crippen MR) is 69.6 cm³/mol. The number of fused-ring (bicyclic) bond motifs is 1. The van der Waals surface area contributed by atoms with Gasteiger partial charge in [-0.05, 0) is 30.3 Å². The third kappa shape index (κ3) is 2.12. The Hall–Kier alpha value is -2.14. The van der Waals surface area contributed by atoms with Crippen molar-refractivity contribution in [3.8, 4) is 0 Å². The van der Waals surface area contributed by atoms with E-state index >= 15 is 0 Å². The standard InChI is InChI=1S/C12H10ClN5/c13-9-3-1-4-10(7-9)14-8-12-17-16-11-5-2-6-15-18(11)12/h1-7,14H,8H2. The Balaban J connectivity index is 1.81. The minimum Gasteiger partial charge on any atom is -0.378 e. The summed E-state index contributed by atoms with van der Waals surface area (Å²) in [6, 6.07) is 11.2. The fraction of sp³-hybridized carbons (Fsp3) is 0.0833. The Kier molecular flexibility index (Phi) is 2.82. The molecule has 0 atom stereocenters. The van der Waals surface area contributed by atoms with Gasteiger partial charge in [-0.15, -0.1) is 10.2 Å². The van der Waals surface area contributed by atoms with Gasteiger partial charge in [-0.2, -0.15) is 9.61 Å². The van der Waals surface area contributed by atoms with Crippen LogP contribution in [0.4, 0.5) is 5.69 Å². The van der Waals surface area contributed by atoms with E-state index in [0.717, 1.165) is 17.2 Å². The van der Waals surface area contributed by atoms with Crippen LogP contribution in [0.25, 0.3) is 5.65 Å². The molecule has 1 N–H and O–H groups in total. The first kappa shape index (κ1) is 11.0. The molecule has 2 heterocycles. The first-order valence-electron chi connectivity index (χ1n) is 5.48. The molecule has 0 unspecified atom stereocenters.